The number of nitrogens with zero attached hydrogens (tertiary/aromatic N) is 1. The van der Waals surface area contributed by atoms with E-state index in [9.17, 15) is 14.4 Å². The monoisotopic (exact) mass is 226 g/mol. The average Bonchev–Trinajstić information content (AvgIpc) is 2.17. The molecular weight excluding hydrogens is 212 g/mol. The summed E-state index contributed by atoms with van der Waals surface area (Å²) in [5, 5.41) is 0. The molecule has 6 heteroatoms. The number of H-pyrrole nitrogens is 1. The summed E-state index contributed by atoms with van der Waals surface area (Å²) >= 11 is 0. The van der Waals surface area contributed by atoms with Gasteiger partial charge in [0.25, 0.3) is 5.56 Å². The van der Waals surface area contributed by atoms with E-state index in [1.165, 1.54) is 16.8 Å². The van der Waals surface area contributed by atoms with E-state index in [1.54, 1.807) is 13.8 Å². The largest absolute Gasteiger partial charge is 0.466 e. The van der Waals surface area contributed by atoms with Crippen LogP contribution in [-0.2, 0) is 9.53 Å². The first-order valence-corrected chi connectivity index (χ1v) is 5.01. The molecule has 0 amide bonds. The highest BCUT2D eigenvalue weighted by atomic mass is 16.5. The topological polar surface area (TPSA) is 81.2 Å². The lowest BCUT2D eigenvalue weighted by atomic mass is 10.2. The number of aromatic amines is 1. The van der Waals surface area contributed by atoms with Crippen molar-refractivity contribution in [2.75, 3.05) is 6.61 Å². The Kier molecular flexibility index (Phi) is 4.04. The van der Waals surface area contributed by atoms with Crippen LogP contribution in [0.1, 0.15) is 26.3 Å². The number of carbonyl (C=O) groups excluding carboxylic acids is 1. The van der Waals surface area contributed by atoms with E-state index < -0.39 is 11.2 Å². The molecule has 88 valence electrons. The van der Waals surface area contributed by atoms with Crippen molar-refractivity contribution in [2.24, 2.45) is 0 Å². The van der Waals surface area contributed by atoms with Crippen molar-refractivity contribution in [2.45, 2.75) is 26.3 Å². The van der Waals surface area contributed by atoms with E-state index in [0.29, 0.717) is 6.61 Å². The van der Waals surface area contributed by atoms with Gasteiger partial charge in [0.05, 0.1) is 13.0 Å². The Morgan fingerprint density at radius 3 is 2.81 bits per heavy atom. The number of aromatic nitrogens is 2. The number of hydrogen-bond acceptors (Lipinski definition) is 4. The molecule has 0 aliphatic rings. The molecule has 0 aliphatic heterocycles. The Morgan fingerprint density at radius 1 is 1.56 bits per heavy atom. The van der Waals surface area contributed by atoms with Crippen molar-refractivity contribution >= 4 is 5.97 Å². The molecule has 6 nitrogen and oxygen atoms in total. The van der Waals surface area contributed by atoms with E-state index in [4.69, 9.17) is 4.74 Å². The maximum atomic E-state index is 11.4. The van der Waals surface area contributed by atoms with Crippen LogP contribution in [-0.4, -0.2) is 22.1 Å². The third-order valence-electron chi connectivity index (χ3n) is 2.09. The summed E-state index contributed by atoms with van der Waals surface area (Å²) in [6, 6.07) is 0.895. The van der Waals surface area contributed by atoms with Crippen molar-refractivity contribution in [3.63, 3.8) is 0 Å². The number of ether oxygens (including phenoxy) is 1. The maximum Gasteiger partial charge on any atom is 0.328 e. The fourth-order valence-corrected chi connectivity index (χ4v) is 1.33. The normalized spacial score (nSPS) is 12.1. The quantitative estimate of drug-likeness (QED) is 0.735. The zero-order valence-electron chi connectivity index (χ0n) is 9.23. The van der Waals surface area contributed by atoms with Gasteiger partial charge in [-0.2, -0.15) is 0 Å². The molecule has 1 aromatic heterocycles. The van der Waals surface area contributed by atoms with E-state index in [0.717, 1.165) is 0 Å². The lowest BCUT2D eigenvalue weighted by Gasteiger charge is -2.12. The smallest absolute Gasteiger partial charge is 0.328 e. The third-order valence-corrected chi connectivity index (χ3v) is 2.09. The Labute approximate surface area is 91.9 Å². The Balaban J connectivity index is 2.81. The van der Waals surface area contributed by atoms with Crippen LogP contribution in [0.5, 0.6) is 0 Å². The molecule has 0 spiro atoms. The first-order valence-electron chi connectivity index (χ1n) is 5.01. The second kappa shape index (κ2) is 5.29. The molecule has 1 N–H and O–H groups in total. The standard InChI is InChI=1S/C10H14N2O4/c1-3-16-9(14)6-7(2)12-5-4-8(13)11-10(12)15/h4-5,7H,3,6H2,1-2H3,(H,11,13,15). The predicted molar refractivity (Wildman–Crippen MR) is 57.3 cm³/mol. The lowest BCUT2D eigenvalue weighted by molar-refractivity contribution is -0.143. The second-order valence-corrected chi connectivity index (χ2v) is 3.38. The Bertz CT molecular complexity index is 474. The third kappa shape index (κ3) is 3.08. The van der Waals surface area contributed by atoms with Crippen LogP contribution < -0.4 is 11.2 Å². The number of rotatable bonds is 4. The van der Waals surface area contributed by atoms with Gasteiger partial charge >= 0.3 is 11.7 Å². The van der Waals surface area contributed by atoms with Crippen molar-refractivity contribution in [1.82, 2.24) is 9.55 Å². The highest BCUT2D eigenvalue weighted by Crippen LogP contribution is 2.07. The predicted octanol–water partition coefficient (Wildman–Crippen LogP) is 0.0508. The number of hydrogen-bond donors (Lipinski definition) is 1. The first-order chi connectivity index (χ1) is 7.54. The molecule has 1 aromatic rings. The number of carbonyl (C=O) groups is 1. The van der Waals surface area contributed by atoms with Gasteiger partial charge in [0, 0.05) is 18.3 Å². The van der Waals surface area contributed by atoms with Crippen LogP contribution in [0.4, 0.5) is 0 Å². The summed E-state index contributed by atoms with van der Waals surface area (Å²) in [5.41, 5.74) is -0.978. The average molecular weight is 226 g/mol. The molecular formula is C10H14N2O4. The molecule has 1 rings (SSSR count). The van der Waals surface area contributed by atoms with Crippen LogP contribution >= 0.6 is 0 Å². The highest BCUT2D eigenvalue weighted by Gasteiger charge is 2.12. The summed E-state index contributed by atoms with van der Waals surface area (Å²) < 4.78 is 6.06. The van der Waals surface area contributed by atoms with E-state index in [2.05, 4.69) is 4.98 Å². The fourth-order valence-electron chi connectivity index (χ4n) is 1.33. The molecule has 1 atom stereocenters. The van der Waals surface area contributed by atoms with Gasteiger partial charge in [-0.1, -0.05) is 0 Å². The summed E-state index contributed by atoms with van der Waals surface area (Å²) in [5.74, 6) is -0.367. The van der Waals surface area contributed by atoms with Crippen LogP contribution in [0.3, 0.4) is 0 Å². The summed E-state index contributed by atoms with van der Waals surface area (Å²) in [7, 11) is 0. The Hall–Kier alpha value is -1.85. The molecule has 0 bridgehead atoms. The number of nitrogens with one attached hydrogen (secondary N) is 1. The highest BCUT2D eigenvalue weighted by molar-refractivity contribution is 5.69. The van der Waals surface area contributed by atoms with Crippen molar-refractivity contribution in [1.29, 1.82) is 0 Å². The summed E-state index contributed by atoms with van der Waals surface area (Å²) in [6.07, 6.45) is 1.46. The van der Waals surface area contributed by atoms with Gasteiger partial charge in [-0.3, -0.25) is 19.1 Å². The van der Waals surface area contributed by atoms with Gasteiger partial charge in [-0.25, -0.2) is 4.79 Å². The van der Waals surface area contributed by atoms with Crippen LogP contribution in [0, 0.1) is 0 Å². The maximum absolute atomic E-state index is 11.4. The van der Waals surface area contributed by atoms with Gasteiger partial charge in [0.15, 0.2) is 0 Å². The van der Waals surface area contributed by atoms with Gasteiger partial charge in [-0.15, -0.1) is 0 Å². The van der Waals surface area contributed by atoms with Crippen LogP contribution in [0.2, 0.25) is 0 Å². The van der Waals surface area contributed by atoms with Crippen LogP contribution in [0.25, 0.3) is 0 Å². The molecule has 16 heavy (non-hydrogen) atoms. The molecule has 0 aliphatic carbocycles. The SMILES string of the molecule is CCOC(=O)CC(C)n1ccc(=O)[nH]c1=O. The lowest BCUT2D eigenvalue weighted by Crippen LogP contribution is -2.31. The molecule has 0 radical (unpaired) electrons. The second-order valence-electron chi connectivity index (χ2n) is 3.38. The van der Waals surface area contributed by atoms with Crippen molar-refractivity contribution < 1.29 is 9.53 Å². The molecule has 0 saturated carbocycles. The van der Waals surface area contributed by atoms with Crippen molar-refractivity contribution in [3.05, 3.63) is 33.1 Å². The fraction of sp³-hybridized carbons (Fsp3) is 0.500. The molecule has 0 aromatic carbocycles. The van der Waals surface area contributed by atoms with Gasteiger partial charge in [0.2, 0.25) is 0 Å². The van der Waals surface area contributed by atoms with Crippen LogP contribution in [0.15, 0.2) is 21.9 Å². The zero-order chi connectivity index (χ0) is 12.1. The van der Waals surface area contributed by atoms with Crippen molar-refractivity contribution in [3.8, 4) is 0 Å². The first kappa shape index (κ1) is 12.2. The van der Waals surface area contributed by atoms with E-state index in [-0.39, 0.29) is 18.4 Å². The van der Waals surface area contributed by atoms with Gasteiger partial charge in [0.1, 0.15) is 0 Å². The van der Waals surface area contributed by atoms with E-state index in [1.807, 2.05) is 0 Å². The number of esters is 1. The van der Waals surface area contributed by atoms with E-state index >= 15 is 0 Å². The van der Waals surface area contributed by atoms with Gasteiger partial charge in [-0.05, 0) is 13.8 Å². The minimum Gasteiger partial charge on any atom is -0.466 e. The zero-order valence-corrected chi connectivity index (χ0v) is 9.23. The van der Waals surface area contributed by atoms with Gasteiger partial charge < -0.3 is 4.74 Å². The molecule has 1 heterocycles. The molecule has 1 unspecified atom stereocenters. The minimum absolute atomic E-state index is 0.0970. The molecule has 0 saturated heterocycles. The summed E-state index contributed by atoms with van der Waals surface area (Å²) in [4.78, 5) is 35.5. The Morgan fingerprint density at radius 2 is 2.25 bits per heavy atom. The summed E-state index contributed by atoms with van der Waals surface area (Å²) in [6.45, 7) is 3.73. The minimum atomic E-state index is -0.524. The molecule has 0 fully saturated rings.